The lowest BCUT2D eigenvalue weighted by molar-refractivity contribution is 0.102. The molecule has 0 aromatic heterocycles. The third kappa shape index (κ3) is 5.04. The fourth-order valence-electron chi connectivity index (χ4n) is 2.20. The van der Waals surface area contributed by atoms with Gasteiger partial charge < -0.3 is 5.32 Å². The summed E-state index contributed by atoms with van der Waals surface area (Å²) in [5.74, 6) is -0.314. The second kappa shape index (κ2) is 8.47. The summed E-state index contributed by atoms with van der Waals surface area (Å²) in [4.78, 5) is 12.4. The minimum Gasteiger partial charge on any atom is -0.322 e. The zero-order chi connectivity index (χ0) is 18.4. The molecule has 2 aromatic carbocycles. The lowest BCUT2D eigenvalue weighted by atomic mass is 10.2. The Morgan fingerprint density at radius 2 is 1.68 bits per heavy atom. The quantitative estimate of drug-likeness (QED) is 0.789. The predicted octanol–water partition coefficient (Wildman–Crippen LogP) is 4.01. The van der Waals surface area contributed by atoms with Crippen LogP contribution in [0.25, 0.3) is 0 Å². The van der Waals surface area contributed by atoms with Crippen LogP contribution in [-0.2, 0) is 10.0 Å². The van der Waals surface area contributed by atoms with Gasteiger partial charge in [-0.1, -0.05) is 24.9 Å². The van der Waals surface area contributed by atoms with Crippen LogP contribution in [0.3, 0.4) is 0 Å². The molecule has 2 aromatic rings. The largest absolute Gasteiger partial charge is 0.322 e. The number of benzene rings is 2. The van der Waals surface area contributed by atoms with E-state index in [0.717, 1.165) is 12.8 Å². The van der Waals surface area contributed by atoms with Gasteiger partial charge >= 0.3 is 0 Å². The second-order valence-electron chi connectivity index (χ2n) is 5.67. The lowest BCUT2D eigenvalue weighted by Crippen LogP contribution is -2.28. The van der Waals surface area contributed by atoms with Crippen LogP contribution in [0.1, 0.15) is 30.1 Å². The van der Waals surface area contributed by atoms with Gasteiger partial charge in [0.1, 0.15) is 0 Å². The molecule has 1 N–H and O–H groups in total. The van der Waals surface area contributed by atoms with Crippen LogP contribution in [0.5, 0.6) is 0 Å². The van der Waals surface area contributed by atoms with Gasteiger partial charge in [0.05, 0.1) is 4.90 Å². The predicted molar refractivity (Wildman–Crippen MR) is 101 cm³/mol. The van der Waals surface area contributed by atoms with Gasteiger partial charge in [0.2, 0.25) is 10.0 Å². The van der Waals surface area contributed by atoms with Gasteiger partial charge in [-0.25, -0.2) is 12.7 Å². The summed E-state index contributed by atoms with van der Waals surface area (Å²) in [7, 11) is -1.97. The van der Waals surface area contributed by atoms with Crippen molar-refractivity contribution in [3.05, 3.63) is 59.1 Å². The molecule has 0 aliphatic heterocycles. The fraction of sp³-hybridized carbons (Fsp3) is 0.278. The highest BCUT2D eigenvalue weighted by molar-refractivity contribution is 7.89. The Bertz CT molecular complexity index is 818. The Morgan fingerprint density at radius 1 is 1.08 bits per heavy atom. The molecular weight excluding hydrogens is 360 g/mol. The SMILES string of the molecule is CCCCN(C)S(=O)(=O)c1ccc(C(=O)Nc2ccc(Cl)cc2)cc1. The molecule has 7 heteroatoms. The van der Waals surface area contributed by atoms with Gasteiger partial charge in [0, 0.05) is 29.9 Å². The van der Waals surface area contributed by atoms with E-state index in [1.807, 2.05) is 6.92 Å². The highest BCUT2D eigenvalue weighted by atomic mass is 35.5. The standard InChI is InChI=1S/C18H21ClN2O3S/c1-3-4-13-21(2)25(23,24)17-11-5-14(6-12-17)18(22)20-16-9-7-15(19)8-10-16/h5-12H,3-4,13H2,1-2H3,(H,20,22). The topological polar surface area (TPSA) is 66.5 Å². The Labute approximate surface area is 153 Å². The normalized spacial score (nSPS) is 11.5. The minimum absolute atomic E-state index is 0.175. The number of carbonyl (C=O) groups is 1. The molecule has 134 valence electrons. The Balaban J connectivity index is 2.10. The molecular formula is C18H21ClN2O3S. The maximum Gasteiger partial charge on any atom is 0.255 e. The molecule has 0 aliphatic rings. The summed E-state index contributed by atoms with van der Waals surface area (Å²) in [6.07, 6.45) is 1.72. The van der Waals surface area contributed by atoms with Crippen LogP contribution >= 0.6 is 11.6 Å². The number of amides is 1. The van der Waals surface area contributed by atoms with E-state index >= 15 is 0 Å². The third-order valence-corrected chi connectivity index (χ3v) is 5.88. The van der Waals surface area contributed by atoms with Crippen LogP contribution in [0.15, 0.2) is 53.4 Å². The molecule has 0 spiro atoms. The van der Waals surface area contributed by atoms with E-state index < -0.39 is 10.0 Å². The molecule has 0 bridgehead atoms. The van der Waals surface area contributed by atoms with Crippen LogP contribution < -0.4 is 5.32 Å². The van der Waals surface area contributed by atoms with E-state index in [0.29, 0.717) is 22.8 Å². The summed E-state index contributed by atoms with van der Waals surface area (Å²) >= 11 is 5.81. The maximum absolute atomic E-state index is 12.5. The number of anilines is 1. The molecule has 0 heterocycles. The number of carbonyl (C=O) groups excluding carboxylic acids is 1. The number of sulfonamides is 1. The second-order valence-corrected chi connectivity index (χ2v) is 8.15. The smallest absolute Gasteiger partial charge is 0.255 e. The van der Waals surface area contributed by atoms with Crippen molar-refractivity contribution in [3.63, 3.8) is 0 Å². The van der Waals surface area contributed by atoms with E-state index in [2.05, 4.69) is 5.32 Å². The number of halogens is 1. The van der Waals surface area contributed by atoms with Gasteiger partial charge in [0.25, 0.3) is 5.91 Å². The molecule has 0 radical (unpaired) electrons. The first-order valence-corrected chi connectivity index (χ1v) is 9.79. The Morgan fingerprint density at radius 3 is 2.24 bits per heavy atom. The first kappa shape index (κ1) is 19.4. The highest BCUT2D eigenvalue weighted by Crippen LogP contribution is 2.18. The fourth-order valence-corrected chi connectivity index (χ4v) is 3.53. The molecule has 0 atom stereocenters. The van der Waals surface area contributed by atoms with Crippen LogP contribution in [-0.4, -0.2) is 32.2 Å². The number of nitrogens with zero attached hydrogens (tertiary/aromatic N) is 1. The monoisotopic (exact) mass is 380 g/mol. The molecule has 2 rings (SSSR count). The number of hydrogen-bond donors (Lipinski definition) is 1. The van der Waals surface area contributed by atoms with E-state index in [-0.39, 0.29) is 10.8 Å². The molecule has 0 saturated carbocycles. The summed E-state index contributed by atoms with van der Waals surface area (Å²) < 4.78 is 26.2. The number of hydrogen-bond acceptors (Lipinski definition) is 3. The molecule has 25 heavy (non-hydrogen) atoms. The van der Waals surface area contributed by atoms with E-state index in [1.165, 1.54) is 28.6 Å². The van der Waals surface area contributed by atoms with E-state index in [4.69, 9.17) is 11.6 Å². The van der Waals surface area contributed by atoms with Crippen LogP contribution in [0.2, 0.25) is 5.02 Å². The van der Waals surface area contributed by atoms with Gasteiger partial charge in [-0.05, 0) is 55.0 Å². The van der Waals surface area contributed by atoms with Crippen molar-refractivity contribution in [1.82, 2.24) is 4.31 Å². The lowest BCUT2D eigenvalue weighted by Gasteiger charge is -2.17. The van der Waals surface area contributed by atoms with Gasteiger partial charge in [0.15, 0.2) is 0 Å². The third-order valence-electron chi connectivity index (χ3n) is 3.75. The molecule has 0 aliphatic carbocycles. The van der Waals surface area contributed by atoms with Gasteiger partial charge in [-0.3, -0.25) is 4.79 Å². The van der Waals surface area contributed by atoms with Crippen molar-refractivity contribution < 1.29 is 13.2 Å². The van der Waals surface area contributed by atoms with Gasteiger partial charge in [-0.15, -0.1) is 0 Å². The molecule has 0 unspecified atom stereocenters. The number of rotatable bonds is 7. The van der Waals surface area contributed by atoms with Crippen LogP contribution in [0, 0.1) is 0 Å². The van der Waals surface area contributed by atoms with Crippen molar-refractivity contribution in [2.45, 2.75) is 24.7 Å². The summed E-state index contributed by atoms with van der Waals surface area (Å²) in [5.41, 5.74) is 0.996. The first-order valence-electron chi connectivity index (χ1n) is 7.98. The summed E-state index contributed by atoms with van der Waals surface area (Å²) in [6.45, 7) is 2.48. The van der Waals surface area contributed by atoms with Crippen molar-refractivity contribution in [2.24, 2.45) is 0 Å². The van der Waals surface area contributed by atoms with Crippen LogP contribution in [0.4, 0.5) is 5.69 Å². The Hall–Kier alpha value is -1.89. The van der Waals surface area contributed by atoms with Crippen molar-refractivity contribution in [2.75, 3.05) is 18.9 Å². The Kier molecular flexibility index (Phi) is 6.58. The minimum atomic E-state index is -3.53. The zero-order valence-electron chi connectivity index (χ0n) is 14.2. The number of unbranched alkanes of at least 4 members (excludes halogenated alkanes) is 1. The van der Waals surface area contributed by atoms with E-state index in [1.54, 1.807) is 31.3 Å². The average Bonchev–Trinajstić information content (AvgIpc) is 2.61. The maximum atomic E-state index is 12.5. The van der Waals surface area contributed by atoms with Gasteiger partial charge in [-0.2, -0.15) is 0 Å². The van der Waals surface area contributed by atoms with E-state index in [9.17, 15) is 13.2 Å². The summed E-state index contributed by atoms with van der Waals surface area (Å²) in [6, 6.07) is 12.7. The molecule has 5 nitrogen and oxygen atoms in total. The highest BCUT2D eigenvalue weighted by Gasteiger charge is 2.20. The van der Waals surface area contributed by atoms with Crippen molar-refractivity contribution >= 4 is 33.2 Å². The van der Waals surface area contributed by atoms with Crippen molar-refractivity contribution in [1.29, 1.82) is 0 Å². The molecule has 0 saturated heterocycles. The van der Waals surface area contributed by atoms with Crippen molar-refractivity contribution in [3.8, 4) is 0 Å². The summed E-state index contributed by atoms with van der Waals surface area (Å²) in [5, 5.41) is 3.32. The molecule has 1 amide bonds. The first-order chi connectivity index (χ1) is 11.8. The average molecular weight is 381 g/mol. The number of nitrogens with one attached hydrogen (secondary N) is 1. The zero-order valence-corrected chi connectivity index (χ0v) is 15.8. The molecule has 0 fully saturated rings.